The molecule has 1 unspecified atom stereocenters. The molecule has 0 fully saturated rings. The second kappa shape index (κ2) is 6.26. The summed E-state index contributed by atoms with van der Waals surface area (Å²) in [5.41, 5.74) is 1.14. The minimum atomic E-state index is 0.268. The van der Waals surface area contributed by atoms with Crippen molar-refractivity contribution >= 4 is 23.2 Å². The first-order valence-corrected chi connectivity index (χ1v) is 5.78. The van der Waals surface area contributed by atoms with Gasteiger partial charge >= 0.3 is 0 Å². The third kappa shape index (κ3) is 3.85. The van der Waals surface area contributed by atoms with Crippen LogP contribution in [0.1, 0.15) is 31.7 Å². The fourth-order valence-electron chi connectivity index (χ4n) is 1.38. The lowest BCUT2D eigenvalue weighted by molar-refractivity contribution is 0.675. The number of aryl methyl sites for hydroxylation is 1. The summed E-state index contributed by atoms with van der Waals surface area (Å²) in [5, 5.41) is 1.01. The van der Waals surface area contributed by atoms with Gasteiger partial charge in [0.15, 0.2) is 0 Å². The van der Waals surface area contributed by atoms with Crippen molar-refractivity contribution in [3.05, 3.63) is 29.0 Å². The summed E-state index contributed by atoms with van der Waals surface area (Å²) in [6.07, 6.45) is 7.58. The van der Waals surface area contributed by atoms with Crippen molar-refractivity contribution < 1.29 is 0 Å². The molecule has 0 aliphatic carbocycles. The molecule has 1 aromatic rings. The predicted octanol–water partition coefficient (Wildman–Crippen LogP) is 4.08. The van der Waals surface area contributed by atoms with Crippen LogP contribution >= 0.6 is 23.2 Å². The minimum Gasteiger partial charge on any atom is -0.263 e. The molecule has 1 aromatic heterocycles. The van der Waals surface area contributed by atoms with Gasteiger partial charge in [-0.05, 0) is 30.9 Å². The van der Waals surface area contributed by atoms with Crippen LogP contribution in [0, 0.1) is 0 Å². The van der Waals surface area contributed by atoms with Crippen molar-refractivity contribution in [1.29, 1.82) is 0 Å². The van der Waals surface area contributed by atoms with E-state index in [1.165, 1.54) is 0 Å². The average Bonchev–Trinajstić information content (AvgIpc) is 2.17. The van der Waals surface area contributed by atoms with Gasteiger partial charge in [-0.3, -0.25) is 4.98 Å². The Bertz CT molecular complexity index is 276. The fraction of sp³-hybridized carbons (Fsp3) is 0.545. The first-order chi connectivity index (χ1) is 6.74. The van der Waals surface area contributed by atoms with Crippen molar-refractivity contribution in [2.24, 2.45) is 0 Å². The van der Waals surface area contributed by atoms with Gasteiger partial charge in [-0.1, -0.05) is 24.9 Å². The number of hydrogen-bond donors (Lipinski definition) is 0. The highest BCUT2D eigenvalue weighted by Crippen LogP contribution is 2.18. The van der Waals surface area contributed by atoms with Gasteiger partial charge in [-0.15, -0.1) is 11.6 Å². The normalized spacial score (nSPS) is 12.8. The van der Waals surface area contributed by atoms with E-state index in [1.54, 1.807) is 12.4 Å². The summed E-state index contributed by atoms with van der Waals surface area (Å²) in [6.45, 7) is 2.15. The molecule has 1 rings (SSSR count). The zero-order valence-electron chi connectivity index (χ0n) is 8.34. The summed E-state index contributed by atoms with van der Waals surface area (Å²) < 4.78 is 0. The molecule has 0 aliphatic heterocycles. The van der Waals surface area contributed by atoms with E-state index in [-0.39, 0.29) is 5.38 Å². The molecule has 0 saturated carbocycles. The highest BCUT2D eigenvalue weighted by Gasteiger charge is 2.05. The van der Waals surface area contributed by atoms with E-state index in [9.17, 15) is 0 Å². The maximum absolute atomic E-state index is 6.12. The lowest BCUT2D eigenvalue weighted by Crippen LogP contribution is -2.00. The Morgan fingerprint density at radius 1 is 1.43 bits per heavy atom. The molecule has 0 amide bonds. The van der Waals surface area contributed by atoms with Gasteiger partial charge in [-0.25, -0.2) is 0 Å². The topological polar surface area (TPSA) is 12.9 Å². The van der Waals surface area contributed by atoms with E-state index < -0.39 is 0 Å². The fourth-order valence-corrected chi connectivity index (χ4v) is 1.92. The van der Waals surface area contributed by atoms with Crippen molar-refractivity contribution in [3.63, 3.8) is 0 Å². The Balaban J connectivity index is 2.41. The van der Waals surface area contributed by atoms with Crippen LogP contribution in [0.5, 0.6) is 0 Å². The van der Waals surface area contributed by atoms with E-state index in [0.717, 1.165) is 36.3 Å². The Kier molecular flexibility index (Phi) is 5.28. The van der Waals surface area contributed by atoms with Crippen LogP contribution in [0.4, 0.5) is 0 Å². The number of aromatic nitrogens is 1. The summed E-state index contributed by atoms with van der Waals surface area (Å²) in [4.78, 5) is 3.94. The Labute approximate surface area is 95.4 Å². The summed E-state index contributed by atoms with van der Waals surface area (Å²) >= 11 is 12.1. The van der Waals surface area contributed by atoms with Crippen LogP contribution in [-0.4, -0.2) is 10.4 Å². The van der Waals surface area contributed by atoms with E-state index in [0.29, 0.717) is 0 Å². The predicted molar refractivity (Wildman–Crippen MR) is 62.1 cm³/mol. The molecule has 14 heavy (non-hydrogen) atoms. The Morgan fingerprint density at radius 2 is 2.21 bits per heavy atom. The van der Waals surface area contributed by atoms with Gasteiger partial charge in [0.1, 0.15) is 0 Å². The van der Waals surface area contributed by atoms with Crippen LogP contribution in [0.25, 0.3) is 0 Å². The zero-order valence-corrected chi connectivity index (χ0v) is 9.85. The van der Waals surface area contributed by atoms with Crippen LogP contribution in [0.15, 0.2) is 18.5 Å². The third-order valence-corrected chi connectivity index (χ3v) is 2.96. The van der Waals surface area contributed by atoms with Crippen LogP contribution in [0.3, 0.4) is 0 Å². The Morgan fingerprint density at radius 3 is 2.86 bits per heavy atom. The summed E-state index contributed by atoms with van der Waals surface area (Å²) in [5.74, 6) is 0. The monoisotopic (exact) mass is 231 g/mol. The largest absolute Gasteiger partial charge is 0.263 e. The molecule has 0 radical (unpaired) electrons. The molecule has 1 atom stereocenters. The lowest BCUT2D eigenvalue weighted by Gasteiger charge is -2.08. The lowest BCUT2D eigenvalue weighted by atomic mass is 10.1. The first kappa shape index (κ1) is 11.8. The molecule has 3 heteroatoms. The van der Waals surface area contributed by atoms with Crippen molar-refractivity contribution in [1.82, 2.24) is 4.98 Å². The number of pyridine rings is 1. The van der Waals surface area contributed by atoms with E-state index in [4.69, 9.17) is 23.2 Å². The second-order valence-electron chi connectivity index (χ2n) is 3.39. The van der Waals surface area contributed by atoms with Crippen molar-refractivity contribution in [2.75, 3.05) is 0 Å². The summed E-state index contributed by atoms with van der Waals surface area (Å²) in [6, 6.07) is 1.96. The van der Waals surface area contributed by atoms with E-state index >= 15 is 0 Å². The number of halogens is 2. The van der Waals surface area contributed by atoms with E-state index in [2.05, 4.69) is 11.9 Å². The maximum Gasteiger partial charge on any atom is 0.0621 e. The van der Waals surface area contributed by atoms with Crippen molar-refractivity contribution in [2.45, 2.75) is 38.0 Å². The molecule has 0 aliphatic rings. The molecule has 0 N–H and O–H groups in total. The first-order valence-electron chi connectivity index (χ1n) is 4.96. The maximum atomic E-state index is 6.12. The zero-order chi connectivity index (χ0) is 10.4. The highest BCUT2D eigenvalue weighted by molar-refractivity contribution is 6.31. The van der Waals surface area contributed by atoms with Crippen LogP contribution < -0.4 is 0 Å². The third-order valence-electron chi connectivity index (χ3n) is 2.19. The molecular weight excluding hydrogens is 217 g/mol. The van der Waals surface area contributed by atoms with Gasteiger partial charge in [-0.2, -0.15) is 0 Å². The smallest absolute Gasteiger partial charge is 0.0621 e. The molecule has 78 valence electrons. The molecular formula is C11H15Cl2N. The highest BCUT2D eigenvalue weighted by atomic mass is 35.5. The van der Waals surface area contributed by atoms with Gasteiger partial charge in [0, 0.05) is 17.8 Å². The number of nitrogens with zero attached hydrogens (tertiary/aromatic N) is 1. The molecule has 0 spiro atoms. The van der Waals surface area contributed by atoms with E-state index in [1.807, 2.05) is 6.07 Å². The van der Waals surface area contributed by atoms with Gasteiger partial charge in [0.05, 0.1) is 5.02 Å². The van der Waals surface area contributed by atoms with Gasteiger partial charge < -0.3 is 0 Å². The van der Waals surface area contributed by atoms with Gasteiger partial charge in [0.25, 0.3) is 0 Å². The second-order valence-corrected chi connectivity index (χ2v) is 4.42. The Hall–Kier alpha value is -0.270. The SMILES string of the molecule is CCCC(Cl)CCc1ccncc1Cl. The standard InChI is InChI=1S/C11H15Cl2N/c1-2-3-10(12)5-4-9-6-7-14-8-11(9)13/h6-8,10H,2-5H2,1H3. The number of alkyl halides is 1. The van der Waals surface area contributed by atoms with Gasteiger partial charge in [0.2, 0.25) is 0 Å². The number of hydrogen-bond acceptors (Lipinski definition) is 1. The van der Waals surface area contributed by atoms with Crippen LogP contribution in [-0.2, 0) is 6.42 Å². The molecule has 0 aromatic carbocycles. The summed E-state index contributed by atoms with van der Waals surface area (Å²) in [7, 11) is 0. The average molecular weight is 232 g/mol. The minimum absolute atomic E-state index is 0.268. The quantitative estimate of drug-likeness (QED) is 0.697. The molecule has 0 bridgehead atoms. The van der Waals surface area contributed by atoms with Crippen LogP contribution in [0.2, 0.25) is 5.02 Å². The number of rotatable bonds is 5. The molecule has 0 saturated heterocycles. The molecule has 1 heterocycles. The van der Waals surface area contributed by atoms with Crippen molar-refractivity contribution in [3.8, 4) is 0 Å². The molecule has 1 nitrogen and oxygen atoms in total.